The maximum atomic E-state index is 5.89. The fourth-order valence-corrected chi connectivity index (χ4v) is 7.36. The summed E-state index contributed by atoms with van der Waals surface area (Å²) in [6.45, 7) is 0. The lowest BCUT2D eigenvalue weighted by molar-refractivity contribution is 0.409. The quantitative estimate of drug-likeness (QED) is 0.175. The van der Waals surface area contributed by atoms with Gasteiger partial charge in [-0.1, -0.05) is 36.0 Å². The number of rotatable bonds is 4. The van der Waals surface area contributed by atoms with Crippen LogP contribution in [0.1, 0.15) is 16.7 Å². The minimum absolute atomic E-state index is 0.819. The van der Waals surface area contributed by atoms with Crippen molar-refractivity contribution < 1.29 is 14.2 Å². The molecule has 0 aromatic heterocycles. The van der Waals surface area contributed by atoms with Crippen molar-refractivity contribution >= 4 is 44.8 Å². The van der Waals surface area contributed by atoms with Gasteiger partial charge in [-0.2, -0.15) is 0 Å². The van der Waals surface area contributed by atoms with Crippen LogP contribution in [0.2, 0.25) is 0 Å². The van der Waals surface area contributed by atoms with Crippen LogP contribution in [0.15, 0.2) is 87.0 Å². The highest BCUT2D eigenvalue weighted by molar-refractivity contribution is 7.99. The molecule has 4 nitrogen and oxygen atoms in total. The van der Waals surface area contributed by atoms with Gasteiger partial charge in [0.1, 0.15) is 22.8 Å². The standard InChI is InChI=1S/C31H25O4S2/c1-32-20-9-5-13-24-28(20)18(29-21(33-2)10-6-14-25(29)36-24)17-19-30-22(34-3)11-7-15-26(30)37-27-16-8-12-23(35-4)31(19)27/h5-17H,1-4H3/q+1. The van der Waals surface area contributed by atoms with E-state index in [1.165, 1.54) is 0 Å². The Morgan fingerprint density at radius 2 is 1.27 bits per heavy atom. The highest BCUT2D eigenvalue weighted by Crippen LogP contribution is 2.53. The predicted octanol–water partition coefficient (Wildman–Crippen LogP) is 7.61. The van der Waals surface area contributed by atoms with Crippen LogP contribution in [-0.2, 0) is 0 Å². The summed E-state index contributed by atoms with van der Waals surface area (Å²) in [5.74, 6) is 2.46. The highest BCUT2D eigenvalue weighted by atomic mass is 32.2. The van der Waals surface area contributed by atoms with Crippen molar-refractivity contribution in [1.82, 2.24) is 0 Å². The molecule has 0 radical (unpaired) electrons. The van der Waals surface area contributed by atoms with Gasteiger partial charge in [0.25, 0.3) is 7.11 Å². The van der Waals surface area contributed by atoms with E-state index in [4.69, 9.17) is 18.6 Å². The number of ether oxygens (including phenoxy) is 3. The van der Waals surface area contributed by atoms with Gasteiger partial charge in [-0.3, -0.25) is 4.42 Å². The van der Waals surface area contributed by atoms with E-state index < -0.39 is 0 Å². The summed E-state index contributed by atoms with van der Waals surface area (Å²) in [7, 11) is 6.88. The molecule has 6 rings (SSSR count). The number of fused-ring (bicyclic) bond motifs is 4. The van der Waals surface area contributed by atoms with Crippen LogP contribution in [-0.4, -0.2) is 28.4 Å². The maximum Gasteiger partial charge on any atom is 0.352 e. The molecule has 0 unspecified atom stereocenters. The third-order valence-electron chi connectivity index (χ3n) is 6.64. The van der Waals surface area contributed by atoms with E-state index in [0.717, 1.165) is 75.3 Å². The second-order valence-electron chi connectivity index (χ2n) is 8.51. The van der Waals surface area contributed by atoms with E-state index >= 15 is 0 Å². The number of benzene rings is 4. The second kappa shape index (κ2) is 9.61. The molecule has 0 saturated heterocycles. The average Bonchev–Trinajstić information content (AvgIpc) is 2.94. The van der Waals surface area contributed by atoms with E-state index in [2.05, 4.69) is 30.3 Å². The monoisotopic (exact) mass is 525 g/mol. The fourth-order valence-electron chi connectivity index (χ4n) is 5.05. The molecule has 3 aliphatic rings. The second-order valence-corrected chi connectivity index (χ2v) is 10.7. The van der Waals surface area contributed by atoms with Gasteiger partial charge in [0.15, 0.2) is 0 Å². The van der Waals surface area contributed by atoms with Gasteiger partial charge in [-0.25, -0.2) is 0 Å². The van der Waals surface area contributed by atoms with Crippen molar-refractivity contribution in [2.75, 3.05) is 28.4 Å². The Labute approximate surface area is 223 Å². The smallest absolute Gasteiger partial charge is 0.352 e. The molecule has 6 heteroatoms. The first-order chi connectivity index (χ1) is 18.2. The Bertz CT molecular complexity index is 1680. The topological polar surface area (TPSA) is 39.0 Å². The molecule has 3 aromatic carbocycles. The van der Waals surface area contributed by atoms with Crippen LogP contribution in [0.25, 0.3) is 32.2 Å². The lowest BCUT2D eigenvalue weighted by Gasteiger charge is -2.26. The van der Waals surface area contributed by atoms with Crippen LogP contribution in [0, 0.1) is 0 Å². The van der Waals surface area contributed by atoms with Crippen molar-refractivity contribution in [3.05, 3.63) is 99.3 Å². The third kappa shape index (κ3) is 3.79. The van der Waals surface area contributed by atoms with Crippen LogP contribution in [0.5, 0.6) is 17.2 Å². The van der Waals surface area contributed by atoms with Crippen molar-refractivity contribution in [3.63, 3.8) is 0 Å². The first kappa shape index (κ1) is 23.6. The first-order valence-electron chi connectivity index (χ1n) is 11.8. The van der Waals surface area contributed by atoms with Gasteiger partial charge >= 0.3 is 5.43 Å². The summed E-state index contributed by atoms with van der Waals surface area (Å²) < 4.78 is 24.7. The van der Waals surface area contributed by atoms with Gasteiger partial charge in [-0.15, -0.1) is 11.3 Å². The number of methoxy groups -OCH3 is 3. The van der Waals surface area contributed by atoms with Crippen LogP contribution < -0.4 is 19.6 Å². The largest absolute Gasteiger partial charge is 0.496 e. The Morgan fingerprint density at radius 3 is 1.89 bits per heavy atom. The zero-order chi connectivity index (χ0) is 25.5. The van der Waals surface area contributed by atoms with Crippen LogP contribution in [0.4, 0.5) is 0 Å². The number of hydrogen-bond donors (Lipinski definition) is 0. The molecular weight excluding hydrogens is 500 g/mol. The van der Waals surface area contributed by atoms with Gasteiger partial charge in [-0.05, 0) is 54.1 Å². The highest BCUT2D eigenvalue weighted by Gasteiger charge is 2.29. The normalized spacial score (nSPS) is 12.9. The molecule has 184 valence electrons. The Morgan fingerprint density at radius 1 is 0.676 bits per heavy atom. The maximum absolute atomic E-state index is 5.89. The lowest BCUT2D eigenvalue weighted by Crippen LogP contribution is -2.09. The number of hydrogen-bond acceptors (Lipinski definition) is 5. The van der Waals surface area contributed by atoms with Crippen LogP contribution in [0.3, 0.4) is 0 Å². The van der Waals surface area contributed by atoms with Crippen molar-refractivity contribution in [2.24, 2.45) is 0 Å². The van der Waals surface area contributed by atoms with Crippen LogP contribution >= 0.6 is 23.1 Å². The molecule has 0 N–H and O–H groups in total. The summed E-state index contributed by atoms with van der Waals surface area (Å²) in [5, 5.41) is 1.05. The molecule has 1 aliphatic carbocycles. The molecule has 37 heavy (non-hydrogen) atoms. The summed E-state index contributed by atoms with van der Waals surface area (Å²) in [6.07, 6.45) is 2.25. The zero-order valence-corrected chi connectivity index (χ0v) is 22.6. The summed E-state index contributed by atoms with van der Waals surface area (Å²) in [6, 6.07) is 24.8. The predicted molar refractivity (Wildman–Crippen MR) is 154 cm³/mol. The summed E-state index contributed by atoms with van der Waals surface area (Å²) >= 11 is 3.46. The Kier molecular flexibility index (Phi) is 6.14. The van der Waals surface area contributed by atoms with Gasteiger partial charge in [0.2, 0.25) is 0 Å². The molecule has 2 heterocycles. The molecule has 0 saturated carbocycles. The first-order valence-corrected chi connectivity index (χ1v) is 13.5. The average molecular weight is 526 g/mol. The summed E-state index contributed by atoms with van der Waals surface area (Å²) in [4.78, 5) is 3.41. The third-order valence-corrected chi connectivity index (χ3v) is 8.88. The molecule has 3 aromatic rings. The summed E-state index contributed by atoms with van der Waals surface area (Å²) in [5.41, 5.74) is 6.03. The molecule has 2 aliphatic heterocycles. The van der Waals surface area contributed by atoms with E-state index in [0.29, 0.717) is 0 Å². The van der Waals surface area contributed by atoms with E-state index in [1.54, 1.807) is 51.5 Å². The molecular formula is C31H25O4S2+. The lowest BCUT2D eigenvalue weighted by atomic mass is 9.91. The van der Waals surface area contributed by atoms with Crippen molar-refractivity contribution in [2.45, 2.75) is 9.79 Å². The SMILES string of the molecule is COc1cccc2c1C(=Cc1c3c(=[O+]C)cccc-3sc3cccc(OC)c13)c1c(OC)cccc1S2. The molecule has 0 spiro atoms. The fraction of sp³-hybridized carbons (Fsp3) is 0.129. The molecule has 0 bridgehead atoms. The minimum Gasteiger partial charge on any atom is -0.496 e. The van der Waals surface area contributed by atoms with E-state index in [9.17, 15) is 0 Å². The zero-order valence-electron chi connectivity index (χ0n) is 21.0. The van der Waals surface area contributed by atoms with E-state index in [-0.39, 0.29) is 0 Å². The van der Waals surface area contributed by atoms with Crippen molar-refractivity contribution in [1.29, 1.82) is 0 Å². The Balaban J connectivity index is 1.83. The van der Waals surface area contributed by atoms with Gasteiger partial charge in [0.05, 0.1) is 21.3 Å². The van der Waals surface area contributed by atoms with E-state index in [1.807, 2.05) is 48.5 Å². The van der Waals surface area contributed by atoms with Gasteiger partial charge < -0.3 is 14.2 Å². The molecule has 0 fully saturated rings. The molecule has 0 amide bonds. The van der Waals surface area contributed by atoms with Crippen molar-refractivity contribution in [3.8, 4) is 27.7 Å². The molecule has 0 atom stereocenters. The minimum atomic E-state index is 0.819. The van der Waals surface area contributed by atoms with Gasteiger partial charge in [0, 0.05) is 47.5 Å². The Hall–Kier alpha value is -3.74.